The summed E-state index contributed by atoms with van der Waals surface area (Å²) in [5.74, 6) is 6.37. The van der Waals surface area contributed by atoms with Crippen LogP contribution in [-0.2, 0) is 9.63 Å². The standard InChI is InChI=1S/C15H26N4O2/c1-10-4-6-14(20)11(2)13(8-10)19-12(9-21-17)5-7-15(16)18-3/h5,10,19H,4,6-9,17H2,1-3H3,(H2,16,18)/b12-5-. The number of hydrogen-bond donors (Lipinski definition) is 3. The summed E-state index contributed by atoms with van der Waals surface area (Å²) in [5, 5.41) is 3.29. The molecule has 0 aliphatic heterocycles. The highest BCUT2D eigenvalue weighted by Crippen LogP contribution is 2.24. The Hall–Kier alpha value is -1.66. The molecule has 118 valence electrons. The Labute approximate surface area is 126 Å². The molecule has 0 radical (unpaired) electrons. The van der Waals surface area contributed by atoms with E-state index in [1.54, 1.807) is 7.05 Å². The Balaban J connectivity index is 2.89. The van der Waals surface area contributed by atoms with E-state index in [4.69, 9.17) is 16.5 Å². The lowest BCUT2D eigenvalue weighted by atomic mass is 10.0. The first-order chi connectivity index (χ1) is 9.97. The van der Waals surface area contributed by atoms with Gasteiger partial charge in [0.15, 0.2) is 5.78 Å². The van der Waals surface area contributed by atoms with Crippen LogP contribution in [-0.4, -0.2) is 25.3 Å². The first-order valence-corrected chi connectivity index (χ1v) is 7.19. The lowest BCUT2D eigenvalue weighted by Gasteiger charge is -2.17. The molecule has 1 aliphatic rings. The molecule has 0 bridgehead atoms. The average Bonchev–Trinajstić information content (AvgIpc) is 2.58. The molecule has 0 saturated heterocycles. The van der Waals surface area contributed by atoms with Gasteiger partial charge in [-0.25, -0.2) is 5.90 Å². The molecule has 0 aromatic rings. The van der Waals surface area contributed by atoms with Gasteiger partial charge in [0.1, 0.15) is 6.61 Å². The van der Waals surface area contributed by atoms with Gasteiger partial charge in [-0.05, 0) is 25.7 Å². The Bertz CT molecular complexity index is 466. The van der Waals surface area contributed by atoms with Crippen LogP contribution < -0.4 is 16.9 Å². The molecule has 0 saturated carbocycles. The van der Waals surface area contributed by atoms with Crippen LogP contribution in [0.1, 0.15) is 39.5 Å². The van der Waals surface area contributed by atoms with Crippen molar-refractivity contribution in [3.8, 4) is 0 Å². The first-order valence-electron chi connectivity index (χ1n) is 7.19. The van der Waals surface area contributed by atoms with Gasteiger partial charge in [0, 0.05) is 36.9 Å². The fourth-order valence-corrected chi connectivity index (χ4v) is 2.23. The van der Waals surface area contributed by atoms with E-state index in [2.05, 4.69) is 17.2 Å². The molecule has 1 unspecified atom stereocenters. The van der Waals surface area contributed by atoms with Crippen LogP contribution in [0.2, 0.25) is 0 Å². The molecule has 0 heterocycles. The molecule has 5 N–H and O–H groups in total. The lowest BCUT2D eigenvalue weighted by Crippen LogP contribution is -2.22. The summed E-state index contributed by atoms with van der Waals surface area (Å²) < 4.78 is 0. The number of Topliss-reactive ketones (excluding diaryl/α,β-unsaturated/α-hetero) is 1. The third kappa shape index (κ3) is 5.69. The maximum atomic E-state index is 12.0. The van der Waals surface area contributed by atoms with Gasteiger partial charge in [-0.1, -0.05) is 13.0 Å². The number of amidine groups is 1. The van der Waals surface area contributed by atoms with Crippen molar-refractivity contribution in [1.29, 1.82) is 0 Å². The van der Waals surface area contributed by atoms with Gasteiger partial charge >= 0.3 is 0 Å². The van der Waals surface area contributed by atoms with E-state index in [0.29, 0.717) is 24.6 Å². The summed E-state index contributed by atoms with van der Waals surface area (Å²) in [4.78, 5) is 20.6. The van der Waals surface area contributed by atoms with Crippen molar-refractivity contribution in [1.82, 2.24) is 5.32 Å². The maximum absolute atomic E-state index is 12.0. The minimum atomic E-state index is 0.199. The van der Waals surface area contributed by atoms with Crippen molar-refractivity contribution in [2.75, 3.05) is 13.7 Å². The van der Waals surface area contributed by atoms with E-state index in [1.165, 1.54) is 0 Å². The smallest absolute Gasteiger partial charge is 0.160 e. The first kappa shape index (κ1) is 17.4. The summed E-state index contributed by atoms with van der Waals surface area (Å²) in [5.41, 5.74) is 8.21. The number of carbonyl (C=O) groups excluding carboxylic acids is 1. The quantitative estimate of drug-likeness (QED) is 0.390. The van der Waals surface area contributed by atoms with E-state index in [1.807, 2.05) is 13.0 Å². The number of nitrogens with one attached hydrogen (secondary N) is 1. The second kappa shape index (κ2) is 8.59. The van der Waals surface area contributed by atoms with E-state index >= 15 is 0 Å². The second-order valence-electron chi connectivity index (χ2n) is 5.46. The third-order valence-electron chi connectivity index (χ3n) is 3.68. The molecule has 1 rings (SSSR count). The molecule has 0 aromatic carbocycles. The zero-order chi connectivity index (χ0) is 15.8. The molecule has 0 spiro atoms. The van der Waals surface area contributed by atoms with Crippen molar-refractivity contribution in [2.45, 2.75) is 39.5 Å². The van der Waals surface area contributed by atoms with Crippen molar-refractivity contribution >= 4 is 11.6 Å². The normalized spacial score (nSPS) is 21.5. The molecule has 1 atom stereocenters. The molecule has 0 aromatic heterocycles. The van der Waals surface area contributed by atoms with Gasteiger partial charge in [-0.15, -0.1) is 0 Å². The molecule has 6 heteroatoms. The SMILES string of the molecule is CN=C(N)C/C=C(/CON)NC1=C(C)C(=O)CCC(C)C1. The van der Waals surface area contributed by atoms with E-state index < -0.39 is 0 Å². The highest BCUT2D eigenvalue weighted by molar-refractivity contribution is 5.95. The van der Waals surface area contributed by atoms with Crippen LogP contribution in [0.15, 0.2) is 28.0 Å². The number of nitrogens with zero attached hydrogens (tertiary/aromatic N) is 1. The zero-order valence-electron chi connectivity index (χ0n) is 13.1. The Morgan fingerprint density at radius 3 is 2.90 bits per heavy atom. The highest BCUT2D eigenvalue weighted by atomic mass is 16.6. The van der Waals surface area contributed by atoms with Crippen LogP contribution in [0.5, 0.6) is 0 Å². The largest absolute Gasteiger partial charge is 0.387 e. The van der Waals surface area contributed by atoms with Gasteiger partial charge in [0.25, 0.3) is 0 Å². The second-order valence-corrected chi connectivity index (χ2v) is 5.46. The molecule has 1 aliphatic carbocycles. The van der Waals surface area contributed by atoms with E-state index in [-0.39, 0.29) is 12.4 Å². The van der Waals surface area contributed by atoms with E-state index in [9.17, 15) is 4.79 Å². The summed E-state index contributed by atoms with van der Waals surface area (Å²) in [6, 6.07) is 0. The topological polar surface area (TPSA) is 103 Å². The predicted molar refractivity (Wildman–Crippen MR) is 84.2 cm³/mol. The third-order valence-corrected chi connectivity index (χ3v) is 3.68. The number of aliphatic imine (C=N–C) groups is 1. The number of carbonyl (C=O) groups is 1. The average molecular weight is 294 g/mol. The molecule has 0 fully saturated rings. The van der Waals surface area contributed by atoms with Gasteiger partial charge in [-0.2, -0.15) is 0 Å². The highest BCUT2D eigenvalue weighted by Gasteiger charge is 2.20. The van der Waals surface area contributed by atoms with Crippen LogP contribution in [0.4, 0.5) is 0 Å². The van der Waals surface area contributed by atoms with Crippen LogP contribution >= 0.6 is 0 Å². The van der Waals surface area contributed by atoms with Gasteiger partial charge in [-0.3, -0.25) is 14.6 Å². The maximum Gasteiger partial charge on any atom is 0.160 e. The predicted octanol–water partition coefficient (Wildman–Crippen LogP) is 1.39. The molecule has 6 nitrogen and oxygen atoms in total. The number of nitrogens with two attached hydrogens (primary N) is 2. The number of allylic oxidation sites excluding steroid dienone is 2. The lowest BCUT2D eigenvalue weighted by molar-refractivity contribution is -0.115. The fraction of sp³-hybridized carbons (Fsp3) is 0.600. The van der Waals surface area contributed by atoms with Crippen molar-refractivity contribution in [3.63, 3.8) is 0 Å². The Morgan fingerprint density at radius 1 is 1.57 bits per heavy atom. The van der Waals surface area contributed by atoms with E-state index in [0.717, 1.165) is 29.8 Å². The molecule has 0 amide bonds. The fourth-order valence-electron chi connectivity index (χ4n) is 2.23. The van der Waals surface area contributed by atoms with Crippen LogP contribution in [0.3, 0.4) is 0 Å². The summed E-state index contributed by atoms with van der Waals surface area (Å²) in [6.07, 6.45) is 4.77. The van der Waals surface area contributed by atoms with Gasteiger partial charge < -0.3 is 11.1 Å². The monoisotopic (exact) mass is 294 g/mol. The Kier molecular flexibility index (Phi) is 7.11. The van der Waals surface area contributed by atoms with Crippen LogP contribution in [0, 0.1) is 5.92 Å². The van der Waals surface area contributed by atoms with Crippen molar-refractivity contribution < 1.29 is 9.63 Å². The Morgan fingerprint density at radius 2 is 2.29 bits per heavy atom. The number of rotatable bonds is 6. The summed E-state index contributed by atoms with van der Waals surface area (Å²) in [7, 11) is 1.65. The summed E-state index contributed by atoms with van der Waals surface area (Å²) in [6.45, 7) is 4.25. The molecular weight excluding hydrogens is 268 g/mol. The minimum Gasteiger partial charge on any atom is -0.387 e. The van der Waals surface area contributed by atoms with Crippen LogP contribution in [0.25, 0.3) is 0 Å². The van der Waals surface area contributed by atoms with Gasteiger partial charge in [0.2, 0.25) is 0 Å². The molecule has 21 heavy (non-hydrogen) atoms. The van der Waals surface area contributed by atoms with Crippen molar-refractivity contribution in [2.24, 2.45) is 22.5 Å². The zero-order valence-corrected chi connectivity index (χ0v) is 13.1. The minimum absolute atomic E-state index is 0.199. The van der Waals surface area contributed by atoms with Gasteiger partial charge in [0.05, 0.1) is 5.84 Å². The summed E-state index contributed by atoms with van der Waals surface area (Å²) >= 11 is 0. The molecular formula is C15H26N4O2. The number of hydrogen-bond acceptors (Lipinski definition) is 5. The van der Waals surface area contributed by atoms with Crippen molar-refractivity contribution in [3.05, 3.63) is 23.0 Å². The number of ketones is 1.